The lowest BCUT2D eigenvalue weighted by atomic mass is 10.1. The summed E-state index contributed by atoms with van der Waals surface area (Å²) >= 11 is 0. The molecule has 5 nitrogen and oxygen atoms in total. The van der Waals surface area contributed by atoms with Gasteiger partial charge >= 0.3 is 0 Å². The molecule has 0 radical (unpaired) electrons. The zero-order valence-corrected chi connectivity index (χ0v) is 13.5. The van der Waals surface area contributed by atoms with Crippen LogP contribution in [0.5, 0.6) is 17.2 Å². The van der Waals surface area contributed by atoms with Crippen molar-refractivity contribution in [2.45, 2.75) is 6.42 Å². The first-order valence-electron chi connectivity index (χ1n) is 7.70. The highest BCUT2D eigenvalue weighted by molar-refractivity contribution is 5.64. The fourth-order valence-corrected chi connectivity index (χ4v) is 2.91. The van der Waals surface area contributed by atoms with Crippen LogP contribution in [0.4, 0.5) is 11.4 Å². The van der Waals surface area contributed by atoms with Gasteiger partial charge in [-0.25, -0.2) is 0 Å². The molecule has 2 N–H and O–H groups in total. The lowest BCUT2D eigenvalue weighted by Gasteiger charge is -2.21. The van der Waals surface area contributed by atoms with Gasteiger partial charge in [0, 0.05) is 17.9 Å². The van der Waals surface area contributed by atoms with E-state index in [1.54, 1.807) is 14.2 Å². The Morgan fingerprint density at radius 2 is 1.83 bits per heavy atom. The first-order valence-corrected chi connectivity index (χ1v) is 7.70. The highest BCUT2D eigenvalue weighted by Crippen LogP contribution is 2.37. The Bertz CT molecular complexity index is 666. The molecule has 1 aliphatic heterocycles. The van der Waals surface area contributed by atoms with Gasteiger partial charge in [-0.1, -0.05) is 12.1 Å². The van der Waals surface area contributed by atoms with Gasteiger partial charge in [0.2, 0.25) is 5.75 Å². The van der Waals surface area contributed by atoms with Crippen LogP contribution < -0.4 is 24.8 Å². The third-order valence-electron chi connectivity index (χ3n) is 4.09. The van der Waals surface area contributed by atoms with E-state index in [9.17, 15) is 0 Å². The molecule has 5 heteroatoms. The summed E-state index contributed by atoms with van der Waals surface area (Å²) in [4.78, 5) is 2.30. The van der Waals surface area contributed by atoms with Crippen molar-refractivity contribution in [1.82, 2.24) is 0 Å². The second-order valence-electron chi connectivity index (χ2n) is 5.47. The lowest BCUT2D eigenvalue weighted by Crippen LogP contribution is -2.26. The number of nitrogens with two attached hydrogens (primary N) is 1. The van der Waals surface area contributed by atoms with Crippen LogP contribution in [0.2, 0.25) is 0 Å². The molecule has 0 spiro atoms. The molecule has 3 rings (SSSR count). The number of ether oxygens (including phenoxy) is 3. The monoisotopic (exact) mass is 314 g/mol. The number of methoxy groups -OCH3 is 2. The average molecular weight is 314 g/mol. The van der Waals surface area contributed by atoms with Crippen LogP contribution in [-0.2, 0) is 6.42 Å². The fourth-order valence-electron chi connectivity index (χ4n) is 2.91. The molecule has 0 aliphatic carbocycles. The van der Waals surface area contributed by atoms with Gasteiger partial charge in [0.15, 0.2) is 11.5 Å². The van der Waals surface area contributed by atoms with Crippen LogP contribution >= 0.6 is 0 Å². The van der Waals surface area contributed by atoms with E-state index >= 15 is 0 Å². The van der Waals surface area contributed by atoms with Gasteiger partial charge in [0.05, 0.1) is 20.8 Å². The quantitative estimate of drug-likeness (QED) is 0.831. The maximum Gasteiger partial charge on any atom is 0.203 e. The number of anilines is 2. The zero-order chi connectivity index (χ0) is 16.2. The summed E-state index contributed by atoms with van der Waals surface area (Å²) in [5.74, 6) is 2.00. The van der Waals surface area contributed by atoms with Crippen LogP contribution in [0.3, 0.4) is 0 Å². The van der Waals surface area contributed by atoms with Crippen LogP contribution in [0, 0.1) is 0 Å². The van der Waals surface area contributed by atoms with Crippen LogP contribution in [0.25, 0.3) is 0 Å². The summed E-state index contributed by atoms with van der Waals surface area (Å²) < 4.78 is 16.6. The Labute approximate surface area is 136 Å². The number of fused-ring (bicyclic) bond motifs is 1. The Morgan fingerprint density at radius 3 is 2.52 bits per heavy atom. The van der Waals surface area contributed by atoms with Gasteiger partial charge in [0.1, 0.15) is 6.61 Å². The van der Waals surface area contributed by atoms with Crippen molar-refractivity contribution in [1.29, 1.82) is 0 Å². The van der Waals surface area contributed by atoms with Crippen molar-refractivity contribution in [2.75, 3.05) is 44.5 Å². The number of hydrogen-bond acceptors (Lipinski definition) is 5. The van der Waals surface area contributed by atoms with E-state index in [0.717, 1.165) is 25.2 Å². The highest BCUT2D eigenvalue weighted by atomic mass is 16.5. The molecule has 122 valence electrons. The second-order valence-corrected chi connectivity index (χ2v) is 5.47. The molecule has 2 aromatic rings. The minimum absolute atomic E-state index is 0.547. The summed E-state index contributed by atoms with van der Waals surface area (Å²) in [6.07, 6.45) is 1.05. The topological polar surface area (TPSA) is 57.0 Å². The summed E-state index contributed by atoms with van der Waals surface area (Å²) in [5, 5.41) is 0. The largest absolute Gasteiger partial charge is 0.493 e. The van der Waals surface area contributed by atoms with Crippen molar-refractivity contribution in [3.05, 3.63) is 42.0 Å². The number of para-hydroxylation sites is 1. The maximum absolute atomic E-state index is 5.93. The summed E-state index contributed by atoms with van der Waals surface area (Å²) in [5.41, 5.74) is 9.24. The highest BCUT2D eigenvalue weighted by Gasteiger charge is 2.19. The number of hydrogen-bond donors (Lipinski definition) is 1. The van der Waals surface area contributed by atoms with Gasteiger partial charge in [-0.2, -0.15) is 0 Å². The predicted octanol–water partition coefficient (Wildman–Crippen LogP) is 2.73. The number of benzene rings is 2. The van der Waals surface area contributed by atoms with E-state index in [-0.39, 0.29) is 0 Å². The smallest absolute Gasteiger partial charge is 0.203 e. The molecule has 0 aromatic heterocycles. The normalized spacial score (nSPS) is 12.9. The standard InChI is InChI=1S/C18H22N2O3/c1-21-16-4-3-5-17(22-2)18(16)23-11-10-20-9-8-13-6-7-14(19)12-15(13)20/h3-7,12H,8-11,19H2,1-2H3. The van der Waals surface area contributed by atoms with Crippen molar-refractivity contribution in [2.24, 2.45) is 0 Å². The van der Waals surface area contributed by atoms with Crippen molar-refractivity contribution >= 4 is 11.4 Å². The SMILES string of the molecule is COc1cccc(OC)c1OCCN1CCc2ccc(N)cc21. The third-order valence-corrected chi connectivity index (χ3v) is 4.09. The van der Waals surface area contributed by atoms with Gasteiger partial charge in [-0.3, -0.25) is 0 Å². The molecule has 0 saturated heterocycles. The molecule has 23 heavy (non-hydrogen) atoms. The first-order chi connectivity index (χ1) is 11.2. The van der Waals surface area contributed by atoms with E-state index in [2.05, 4.69) is 11.0 Å². The van der Waals surface area contributed by atoms with E-state index < -0.39 is 0 Å². The molecule has 2 aromatic carbocycles. The Hall–Kier alpha value is -2.56. The average Bonchev–Trinajstić information content (AvgIpc) is 2.97. The van der Waals surface area contributed by atoms with Crippen LogP contribution in [0.1, 0.15) is 5.56 Å². The summed E-state index contributed by atoms with van der Waals surface area (Å²) in [6.45, 7) is 2.33. The maximum atomic E-state index is 5.93. The number of nitrogens with zero attached hydrogens (tertiary/aromatic N) is 1. The van der Waals surface area contributed by atoms with Gasteiger partial charge in [0.25, 0.3) is 0 Å². The minimum atomic E-state index is 0.547. The number of nitrogen functional groups attached to an aromatic ring is 1. The molecule has 0 saturated carbocycles. The molecule has 0 unspecified atom stereocenters. The van der Waals surface area contributed by atoms with E-state index in [1.165, 1.54) is 11.3 Å². The van der Waals surface area contributed by atoms with Crippen molar-refractivity contribution < 1.29 is 14.2 Å². The molecule has 0 atom stereocenters. The molecule has 1 aliphatic rings. The van der Waals surface area contributed by atoms with E-state index in [1.807, 2.05) is 30.3 Å². The summed E-state index contributed by atoms with van der Waals surface area (Å²) in [6, 6.07) is 11.7. The summed E-state index contributed by atoms with van der Waals surface area (Å²) in [7, 11) is 3.25. The third kappa shape index (κ3) is 3.13. The molecule has 0 bridgehead atoms. The van der Waals surface area contributed by atoms with Crippen LogP contribution in [-0.4, -0.2) is 33.9 Å². The zero-order valence-electron chi connectivity index (χ0n) is 13.5. The van der Waals surface area contributed by atoms with E-state index in [4.69, 9.17) is 19.9 Å². The first kappa shape index (κ1) is 15.3. The molecule has 1 heterocycles. The van der Waals surface area contributed by atoms with Crippen LogP contribution in [0.15, 0.2) is 36.4 Å². The Kier molecular flexibility index (Phi) is 4.46. The molecule has 0 amide bonds. The van der Waals surface area contributed by atoms with Gasteiger partial charge in [-0.15, -0.1) is 0 Å². The van der Waals surface area contributed by atoms with Crippen molar-refractivity contribution in [3.8, 4) is 17.2 Å². The van der Waals surface area contributed by atoms with Gasteiger partial charge in [-0.05, 0) is 36.2 Å². The minimum Gasteiger partial charge on any atom is -0.493 e. The Balaban J connectivity index is 1.67. The molecule has 0 fully saturated rings. The van der Waals surface area contributed by atoms with Gasteiger partial charge < -0.3 is 24.8 Å². The number of rotatable bonds is 6. The van der Waals surface area contributed by atoms with E-state index in [0.29, 0.717) is 23.9 Å². The molecular weight excluding hydrogens is 292 g/mol. The lowest BCUT2D eigenvalue weighted by molar-refractivity contribution is 0.279. The Morgan fingerprint density at radius 1 is 1.09 bits per heavy atom. The van der Waals surface area contributed by atoms with Crippen molar-refractivity contribution in [3.63, 3.8) is 0 Å². The molecular formula is C18H22N2O3. The second kappa shape index (κ2) is 6.69. The fraction of sp³-hybridized carbons (Fsp3) is 0.333. The predicted molar refractivity (Wildman–Crippen MR) is 91.8 cm³/mol.